The Hall–Kier alpha value is -3.54. The van der Waals surface area contributed by atoms with E-state index in [9.17, 15) is 0 Å². The topological polar surface area (TPSA) is 65.0 Å². The van der Waals surface area contributed by atoms with E-state index in [4.69, 9.17) is 14.5 Å². The number of H-pyrrole nitrogens is 1. The molecule has 0 spiro atoms. The Kier molecular flexibility index (Phi) is 4.09. The number of hydrogen-bond acceptors (Lipinski definition) is 4. The first kappa shape index (κ1) is 16.6. The van der Waals surface area contributed by atoms with E-state index in [0.717, 1.165) is 58.2 Å². The minimum atomic E-state index is 0.267. The molecule has 3 heterocycles. The first-order chi connectivity index (χ1) is 13.8. The summed E-state index contributed by atoms with van der Waals surface area (Å²) in [7, 11) is 0. The third-order valence-electron chi connectivity index (χ3n) is 5.04. The monoisotopic (exact) mass is 372 g/mol. The molecule has 0 saturated heterocycles. The van der Waals surface area contributed by atoms with Crippen LogP contribution < -0.4 is 9.47 Å². The molecule has 28 heavy (non-hydrogen) atoms. The van der Waals surface area contributed by atoms with Crippen molar-refractivity contribution in [3.63, 3.8) is 0 Å². The molecular formula is C22H20N4O2. The molecule has 6 heteroatoms. The van der Waals surface area contributed by atoms with Crippen LogP contribution in [0.4, 0.5) is 0 Å². The maximum absolute atomic E-state index is 5.63. The van der Waals surface area contributed by atoms with Gasteiger partial charge in [-0.3, -0.25) is 0 Å². The number of aryl methyl sites for hydroxylation is 3. The van der Waals surface area contributed by atoms with Gasteiger partial charge in [-0.05, 0) is 24.6 Å². The Morgan fingerprint density at radius 2 is 1.93 bits per heavy atom. The SMILES string of the molecule is Cc1cc2c(cc1-c1c(-c3ccccc3)ncn1CCc1cnc[nH]1)OCO2. The summed E-state index contributed by atoms with van der Waals surface area (Å²) in [5.74, 6) is 1.58. The molecular weight excluding hydrogens is 352 g/mol. The van der Waals surface area contributed by atoms with Gasteiger partial charge in [0.15, 0.2) is 11.5 Å². The maximum atomic E-state index is 5.63. The number of rotatable bonds is 5. The molecule has 0 bridgehead atoms. The highest BCUT2D eigenvalue weighted by Gasteiger charge is 2.21. The lowest BCUT2D eigenvalue weighted by atomic mass is 10.00. The van der Waals surface area contributed by atoms with Gasteiger partial charge in [0.2, 0.25) is 6.79 Å². The van der Waals surface area contributed by atoms with E-state index in [2.05, 4.69) is 39.7 Å². The third-order valence-corrected chi connectivity index (χ3v) is 5.04. The molecule has 140 valence electrons. The summed E-state index contributed by atoms with van der Waals surface area (Å²) in [6.07, 6.45) is 6.33. The molecule has 0 aliphatic carbocycles. The summed E-state index contributed by atoms with van der Waals surface area (Å²) < 4.78 is 13.4. The van der Waals surface area contributed by atoms with Crippen molar-refractivity contribution in [2.24, 2.45) is 0 Å². The van der Waals surface area contributed by atoms with Gasteiger partial charge in [-0.2, -0.15) is 0 Å². The zero-order chi connectivity index (χ0) is 18.9. The van der Waals surface area contributed by atoms with Crippen molar-refractivity contribution >= 4 is 0 Å². The van der Waals surface area contributed by atoms with E-state index < -0.39 is 0 Å². The number of nitrogens with one attached hydrogen (secondary N) is 1. The lowest BCUT2D eigenvalue weighted by Gasteiger charge is -2.13. The van der Waals surface area contributed by atoms with E-state index in [0.29, 0.717) is 0 Å². The molecule has 1 N–H and O–H groups in total. The molecule has 0 atom stereocenters. The number of hydrogen-bond donors (Lipinski definition) is 1. The Balaban J connectivity index is 1.62. The average molecular weight is 372 g/mol. The molecule has 1 aliphatic rings. The predicted octanol–water partition coefficient (Wildman–Crippen LogP) is 4.22. The van der Waals surface area contributed by atoms with E-state index in [1.54, 1.807) is 6.33 Å². The number of nitrogens with zero attached hydrogens (tertiary/aromatic N) is 3. The Morgan fingerprint density at radius 1 is 1.11 bits per heavy atom. The standard InChI is InChI=1S/C22H20N4O2/c1-15-9-19-20(28-14-27-19)10-18(15)22-21(16-5-3-2-4-6-16)25-13-26(22)8-7-17-11-23-12-24-17/h2-6,9-13H,7-8,14H2,1H3,(H,23,24). The van der Waals surface area contributed by atoms with Gasteiger partial charge in [-0.1, -0.05) is 30.3 Å². The van der Waals surface area contributed by atoms with E-state index in [-0.39, 0.29) is 6.79 Å². The second-order valence-corrected chi connectivity index (χ2v) is 6.85. The zero-order valence-electron chi connectivity index (χ0n) is 15.6. The van der Waals surface area contributed by atoms with Crippen molar-refractivity contribution in [1.82, 2.24) is 19.5 Å². The van der Waals surface area contributed by atoms with Crippen LogP contribution in [0.1, 0.15) is 11.3 Å². The number of fused-ring (bicyclic) bond motifs is 1. The van der Waals surface area contributed by atoms with Crippen LogP contribution in [0.2, 0.25) is 0 Å². The van der Waals surface area contributed by atoms with Crippen molar-refractivity contribution < 1.29 is 9.47 Å². The maximum Gasteiger partial charge on any atom is 0.231 e. The van der Waals surface area contributed by atoms with Gasteiger partial charge >= 0.3 is 0 Å². The highest BCUT2D eigenvalue weighted by Crippen LogP contribution is 2.41. The quantitative estimate of drug-likeness (QED) is 0.570. The number of aromatic amines is 1. The summed E-state index contributed by atoms with van der Waals surface area (Å²) in [6.45, 7) is 3.16. The van der Waals surface area contributed by atoms with Gasteiger partial charge in [0.05, 0.1) is 24.0 Å². The van der Waals surface area contributed by atoms with Gasteiger partial charge in [0.25, 0.3) is 0 Å². The van der Waals surface area contributed by atoms with E-state index in [1.165, 1.54) is 0 Å². The van der Waals surface area contributed by atoms with E-state index >= 15 is 0 Å². The molecule has 0 amide bonds. The van der Waals surface area contributed by atoms with Crippen molar-refractivity contribution in [2.75, 3.05) is 6.79 Å². The summed E-state index contributed by atoms with van der Waals surface area (Å²) in [4.78, 5) is 12.0. The van der Waals surface area contributed by atoms with Crippen LogP contribution in [-0.2, 0) is 13.0 Å². The first-order valence-electron chi connectivity index (χ1n) is 9.28. The summed E-state index contributed by atoms with van der Waals surface area (Å²) in [5.41, 5.74) is 6.47. The fourth-order valence-corrected chi connectivity index (χ4v) is 3.60. The van der Waals surface area contributed by atoms with Gasteiger partial charge in [0.1, 0.15) is 0 Å². The predicted molar refractivity (Wildman–Crippen MR) is 106 cm³/mol. The second kappa shape index (κ2) is 6.88. The highest BCUT2D eigenvalue weighted by atomic mass is 16.7. The second-order valence-electron chi connectivity index (χ2n) is 6.85. The molecule has 0 unspecified atom stereocenters. The largest absolute Gasteiger partial charge is 0.454 e. The highest BCUT2D eigenvalue weighted by molar-refractivity contribution is 5.81. The van der Waals surface area contributed by atoms with Crippen LogP contribution in [0.5, 0.6) is 11.5 Å². The van der Waals surface area contributed by atoms with Crippen LogP contribution >= 0.6 is 0 Å². The van der Waals surface area contributed by atoms with Crippen molar-refractivity contribution in [3.05, 3.63) is 72.6 Å². The van der Waals surface area contributed by atoms with Crippen LogP contribution in [0.25, 0.3) is 22.5 Å². The molecule has 2 aromatic carbocycles. The molecule has 0 saturated carbocycles. The fourth-order valence-electron chi connectivity index (χ4n) is 3.60. The van der Waals surface area contributed by atoms with Crippen LogP contribution in [0, 0.1) is 6.92 Å². The number of benzene rings is 2. The van der Waals surface area contributed by atoms with Gasteiger partial charge in [-0.15, -0.1) is 0 Å². The Labute approximate surface area is 162 Å². The third kappa shape index (κ3) is 2.93. The van der Waals surface area contributed by atoms with Gasteiger partial charge in [0, 0.05) is 36.0 Å². The van der Waals surface area contributed by atoms with Crippen LogP contribution in [0.3, 0.4) is 0 Å². The molecule has 1 aliphatic heterocycles. The smallest absolute Gasteiger partial charge is 0.231 e. The average Bonchev–Trinajstić information content (AvgIpc) is 3.46. The minimum Gasteiger partial charge on any atom is -0.454 e. The number of ether oxygens (including phenoxy) is 2. The summed E-state index contributed by atoms with van der Waals surface area (Å²) in [5, 5.41) is 0. The molecule has 4 aromatic rings. The molecule has 2 aromatic heterocycles. The molecule has 0 fully saturated rings. The lowest BCUT2D eigenvalue weighted by molar-refractivity contribution is 0.174. The Bertz CT molecular complexity index is 1100. The number of aromatic nitrogens is 4. The van der Waals surface area contributed by atoms with Crippen LogP contribution in [0.15, 0.2) is 61.3 Å². The lowest BCUT2D eigenvalue weighted by Crippen LogP contribution is -2.03. The molecule has 0 radical (unpaired) electrons. The molecule has 6 nitrogen and oxygen atoms in total. The van der Waals surface area contributed by atoms with Gasteiger partial charge in [-0.25, -0.2) is 9.97 Å². The molecule has 5 rings (SSSR count). The number of imidazole rings is 2. The fraction of sp³-hybridized carbons (Fsp3) is 0.182. The zero-order valence-corrected chi connectivity index (χ0v) is 15.6. The minimum absolute atomic E-state index is 0.267. The summed E-state index contributed by atoms with van der Waals surface area (Å²) in [6, 6.07) is 14.4. The van der Waals surface area contributed by atoms with Crippen molar-refractivity contribution in [3.8, 4) is 34.0 Å². The van der Waals surface area contributed by atoms with Crippen LogP contribution in [-0.4, -0.2) is 26.3 Å². The van der Waals surface area contributed by atoms with Crippen molar-refractivity contribution in [2.45, 2.75) is 19.9 Å². The summed E-state index contributed by atoms with van der Waals surface area (Å²) >= 11 is 0. The Morgan fingerprint density at radius 3 is 2.71 bits per heavy atom. The normalized spacial score (nSPS) is 12.5. The van der Waals surface area contributed by atoms with Gasteiger partial charge < -0.3 is 19.0 Å². The van der Waals surface area contributed by atoms with Crippen molar-refractivity contribution in [1.29, 1.82) is 0 Å². The van der Waals surface area contributed by atoms with E-state index in [1.807, 2.05) is 36.8 Å². The first-order valence-corrected chi connectivity index (χ1v) is 9.28.